The van der Waals surface area contributed by atoms with E-state index in [0.717, 1.165) is 0 Å². The standard InChI is InChI=1S/3Mn.7H2O.7O/h;;;7*1H2;;;;;;;/q;;;;;;;;;;7*-2/p-7. The first-order chi connectivity index (χ1) is 0. The third-order valence-electron chi connectivity index (χ3n) is 0. The van der Waals surface area contributed by atoms with Crippen molar-refractivity contribution >= 4 is 0 Å². The fourth-order valence-electron chi connectivity index (χ4n) is 0. The molecule has 0 saturated heterocycles. The van der Waals surface area contributed by atoms with Crippen LogP contribution in [0.15, 0.2) is 0 Å². The Labute approximate surface area is 128 Å². The quantitative estimate of drug-likeness (QED) is 0.410. The SMILES string of the molecule is [Mn].[Mn].[Mn].[O-2].[O-2].[O-2].[O-2].[O-2].[O-2].[O-2].[OH-].[OH-].[OH-].[OH-].[OH-].[OH-].[OH-]. The zero-order valence-corrected chi connectivity index (χ0v) is 10.7. The van der Waals surface area contributed by atoms with Crippen LogP contribution in [-0.2, 0) is 89.5 Å². The first kappa shape index (κ1) is 5220. The third kappa shape index (κ3) is 3840. The first-order valence-corrected chi connectivity index (χ1v) is 0. The van der Waals surface area contributed by atoms with Crippen molar-refractivity contribution in [3.8, 4) is 0 Å². The molecule has 17 heavy (non-hydrogen) atoms. The van der Waals surface area contributed by atoms with Crippen LogP contribution in [0.1, 0.15) is 0 Å². The predicted molar refractivity (Wildman–Crippen MR) is 18.4 cm³/mol. The Kier molecular flexibility index (Phi) is 1340000. The molecule has 0 amide bonds. The van der Waals surface area contributed by atoms with Gasteiger partial charge in [-0.05, 0) is 0 Å². The zero-order valence-electron chi connectivity index (χ0n) is 7.12. The smallest absolute Gasteiger partial charge is 0 e. The minimum absolute atomic E-state index is 0. The Bertz CT molecular complexity index is 11.4. The number of hydrogen-bond acceptors (Lipinski definition) is 7. The van der Waals surface area contributed by atoms with Gasteiger partial charge in [0.25, 0.3) is 0 Å². The molecule has 0 unspecified atom stereocenters. The van der Waals surface area contributed by atoms with E-state index in [1.807, 2.05) is 0 Å². The van der Waals surface area contributed by atoms with Crippen LogP contribution in [0.5, 0.6) is 0 Å². The molecule has 0 aliphatic rings. The second kappa shape index (κ2) is 4360. The van der Waals surface area contributed by atoms with Crippen LogP contribution in [0.25, 0.3) is 0 Å². The molecule has 0 heterocycles. The molecule has 0 rings (SSSR count). The first-order valence-electron chi connectivity index (χ1n) is 0. The van der Waals surface area contributed by atoms with Crippen LogP contribution in [-0.4, -0.2) is 38.3 Å². The average molecular weight is 396 g/mol. The van der Waals surface area contributed by atoms with Crippen molar-refractivity contribution in [1.29, 1.82) is 0 Å². The molecule has 7 N–H and O–H groups in total. The molecule has 0 aromatic rings. The molecule has 0 atom stereocenters. The van der Waals surface area contributed by atoms with Crippen molar-refractivity contribution in [3.63, 3.8) is 0 Å². The van der Waals surface area contributed by atoms with Gasteiger partial charge in [0.05, 0.1) is 0 Å². The van der Waals surface area contributed by atoms with Crippen molar-refractivity contribution in [2.24, 2.45) is 0 Å². The minimum Gasteiger partial charge on any atom is -2.00 e. The van der Waals surface area contributed by atoms with Crippen LogP contribution in [0.4, 0.5) is 0 Å². The Morgan fingerprint density at radius 1 is 0.176 bits per heavy atom. The summed E-state index contributed by atoms with van der Waals surface area (Å²) >= 11 is 0. The molecule has 0 bridgehead atoms. The van der Waals surface area contributed by atoms with Crippen molar-refractivity contribution in [2.45, 2.75) is 0 Å². The van der Waals surface area contributed by atoms with Crippen LogP contribution in [0.2, 0.25) is 0 Å². The van der Waals surface area contributed by atoms with Gasteiger partial charge in [0.1, 0.15) is 0 Å². The summed E-state index contributed by atoms with van der Waals surface area (Å²) in [5, 5.41) is 0. The van der Waals surface area contributed by atoms with Gasteiger partial charge in [0, 0.05) is 51.2 Å². The zero-order chi connectivity index (χ0) is 0. The second-order valence-electron chi connectivity index (χ2n) is 0. The molecule has 0 aromatic carbocycles. The molecule has 0 aliphatic heterocycles. The molecular weight excluding hydrogens is 389 g/mol. The summed E-state index contributed by atoms with van der Waals surface area (Å²) in [6.07, 6.45) is 0. The largest absolute Gasteiger partial charge is 2.00 e. The van der Waals surface area contributed by atoms with E-state index in [-0.39, 0.29) is 128 Å². The normalized spacial score (nSPS) is 0. The molecule has 0 spiro atoms. The van der Waals surface area contributed by atoms with Crippen LogP contribution in [0, 0.1) is 0 Å². The second-order valence-corrected chi connectivity index (χ2v) is 0. The fourth-order valence-corrected chi connectivity index (χ4v) is 0. The molecule has 0 fully saturated rings. The molecule has 133 valence electrons. The van der Waals surface area contributed by atoms with Gasteiger partial charge in [-0.25, -0.2) is 0 Å². The third-order valence-corrected chi connectivity index (χ3v) is 0. The Morgan fingerprint density at radius 2 is 0.176 bits per heavy atom. The minimum atomic E-state index is 0. The summed E-state index contributed by atoms with van der Waals surface area (Å²) in [6.45, 7) is 0. The predicted octanol–water partition coefficient (Wildman–Crippen LogP) is -2.08. The van der Waals surface area contributed by atoms with E-state index in [2.05, 4.69) is 0 Å². The van der Waals surface area contributed by atoms with E-state index in [0.29, 0.717) is 0 Å². The van der Waals surface area contributed by atoms with Crippen molar-refractivity contribution < 1.29 is 128 Å². The van der Waals surface area contributed by atoms with Gasteiger partial charge in [0.15, 0.2) is 0 Å². The van der Waals surface area contributed by atoms with Gasteiger partial charge in [-0.2, -0.15) is 0 Å². The summed E-state index contributed by atoms with van der Waals surface area (Å²) in [4.78, 5) is 0. The van der Waals surface area contributed by atoms with Crippen molar-refractivity contribution in [3.05, 3.63) is 0 Å². The molecule has 0 aliphatic carbocycles. The van der Waals surface area contributed by atoms with E-state index in [9.17, 15) is 0 Å². The van der Waals surface area contributed by atoms with Gasteiger partial charge >= 0.3 is 0 Å². The van der Waals surface area contributed by atoms with Crippen molar-refractivity contribution in [2.75, 3.05) is 0 Å². The molecule has 0 saturated carbocycles. The number of hydrogen-bond donors (Lipinski definition) is 0. The summed E-state index contributed by atoms with van der Waals surface area (Å²) in [7, 11) is 0. The fraction of sp³-hybridized carbons (Fsp3) is 0. The maximum atomic E-state index is 0. The van der Waals surface area contributed by atoms with Gasteiger partial charge in [-0.1, -0.05) is 0 Å². The van der Waals surface area contributed by atoms with E-state index in [1.165, 1.54) is 0 Å². The summed E-state index contributed by atoms with van der Waals surface area (Å²) in [5.74, 6) is 0. The topological polar surface area (TPSA) is 410 Å². The molecular formula is H7Mn3O14-21. The van der Waals surface area contributed by atoms with E-state index in [1.54, 1.807) is 0 Å². The van der Waals surface area contributed by atoms with Crippen molar-refractivity contribution in [1.82, 2.24) is 0 Å². The Morgan fingerprint density at radius 3 is 0.176 bits per heavy atom. The van der Waals surface area contributed by atoms with E-state index < -0.39 is 0 Å². The van der Waals surface area contributed by atoms with Crippen LogP contribution < -0.4 is 0 Å². The van der Waals surface area contributed by atoms with Crippen LogP contribution >= 0.6 is 0 Å². The van der Waals surface area contributed by atoms with Gasteiger partial charge < -0.3 is 76.7 Å². The maximum absolute atomic E-state index is 0. The summed E-state index contributed by atoms with van der Waals surface area (Å²) in [6, 6.07) is 0. The molecule has 0 aromatic heterocycles. The van der Waals surface area contributed by atoms with Crippen LogP contribution in [0.3, 0.4) is 0 Å². The summed E-state index contributed by atoms with van der Waals surface area (Å²) < 4.78 is 0. The Balaban J connectivity index is 0. The average Bonchev–Trinajstić information content (AvgIpc) is 0. The monoisotopic (exact) mass is 396 g/mol. The van der Waals surface area contributed by atoms with Gasteiger partial charge in [-0.3, -0.25) is 0 Å². The number of rotatable bonds is 0. The van der Waals surface area contributed by atoms with Gasteiger partial charge in [0.2, 0.25) is 0 Å². The molecule has 14 nitrogen and oxygen atoms in total. The molecule has 3 radical (unpaired) electrons. The maximum Gasteiger partial charge on any atom is 0 e. The molecule has 17 heteroatoms. The Hall–Kier alpha value is 0.998. The van der Waals surface area contributed by atoms with Gasteiger partial charge in [-0.15, -0.1) is 0 Å². The van der Waals surface area contributed by atoms with E-state index in [4.69, 9.17) is 0 Å². The summed E-state index contributed by atoms with van der Waals surface area (Å²) in [5.41, 5.74) is 0. The van der Waals surface area contributed by atoms with E-state index >= 15 is 0 Å².